The third-order valence-electron chi connectivity index (χ3n) is 4.93. The van der Waals surface area contributed by atoms with Crippen LogP contribution in [0.2, 0.25) is 0 Å². The van der Waals surface area contributed by atoms with Gasteiger partial charge in [0.2, 0.25) is 5.78 Å². The Morgan fingerprint density at radius 3 is 2.45 bits per heavy atom. The molecule has 1 aromatic heterocycles. The molecule has 6 nitrogen and oxygen atoms in total. The Balaban J connectivity index is 0.00000300. The number of hydrogen-bond donors (Lipinski definition) is 1. The van der Waals surface area contributed by atoms with Gasteiger partial charge in [-0.3, -0.25) is 9.59 Å². The molecule has 0 saturated carbocycles. The highest BCUT2D eigenvalue weighted by atomic mass is 19.1. The van der Waals surface area contributed by atoms with Gasteiger partial charge in [-0.2, -0.15) is 0 Å². The lowest BCUT2D eigenvalue weighted by molar-refractivity contribution is -0.126. The maximum absolute atomic E-state index is 13.2. The Morgan fingerprint density at radius 2 is 1.93 bits per heavy atom. The van der Waals surface area contributed by atoms with Crippen molar-refractivity contribution in [1.82, 2.24) is 4.90 Å². The van der Waals surface area contributed by atoms with Crippen LogP contribution < -0.4 is 0 Å². The van der Waals surface area contributed by atoms with Gasteiger partial charge >= 0.3 is 0 Å². The molecule has 0 aliphatic carbocycles. The summed E-state index contributed by atoms with van der Waals surface area (Å²) in [5, 5.41) is 10.0. The first-order valence-electron chi connectivity index (χ1n) is 8.79. The first-order chi connectivity index (χ1) is 13.1. The number of carbonyl (C=O) groups excluding carboxylic acids is 2. The maximum Gasteiger partial charge on any atom is 0.289 e. The molecule has 2 heterocycles. The SMILES string of the molecule is C.COC(C)(C)c1cc(Cc2ccc(F)cc2)c(C(=O)C2=C(O)C(=O)N(C)C2)o1. The van der Waals surface area contributed by atoms with Gasteiger partial charge in [0.25, 0.3) is 5.91 Å². The number of rotatable bonds is 6. The predicted octanol–water partition coefficient (Wildman–Crippen LogP) is 3.99. The number of nitrogens with zero attached hydrogens (tertiary/aromatic N) is 1. The van der Waals surface area contributed by atoms with Gasteiger partial charge in [0.15, 0.2) is 11.5 Å². The number of amides is 1. The van der Waals surface area contributed by atoms with Crippen LogP contribution in [0.5, 0.6) is 0 Å². The van der Waals surface area contributed by atoms with Gasteiger partial charge < -0.3 is 19.2 Å². The second-order valence-electron chi connectivity index (χ2n) is 7.30. The number of methoxy groups -OCH3 is 1. The predicted molar refractivity (Wildman–Crippen MR) is 106 cm³/mol. The Kier molecular flexibility index (Phi) is 6.33. The summed E-state index contributed by atoms with van der Waals surface area (Å²) in [6.45, 7) is 3.60. The van der Waals surface area contributed by atoms with Crippen LogP contribution >= 0.6 is 0 Å². The highest BCUT2D eigenvalue weighted by Gasteiger charge is 2.36. The fourth-order valence-corrected chi connectivity index (χ4v) is 2.98. The van der Waals surface area contributed by atoms with E-state index in [2.05, 4.69) is 0 Å². The smallest absolute Gasteiger partial charge is 0.289 e. The van der Waals surface area contributed by atoms with E-state index in [1.807, 2.05) is 0 Å². The summed E-state index contributed by atoms with van der Waals surface area (Å²) >= 11 is 0. The van der Waals surface area contributed by atoms with Crippen molar-refractivity contribution < 1.29 is 28.2 Å². The molecule has 0 radical (unpaired) electrons. The summed E-state index contributed by atoms with van der Waals surface area (Å²) in [5.41, 5.74) is 0.563. The molecule has 29 heavy (non-hydrogen) atoms. The number of Topliss-reactive ketones (excluding diaryl/α,β-unsaturated/α-hetero) is 1. The summed E-state index contributed by atoms with van der Waals surface area (Å²) in [4.78, 5) is 26.2. The van der Waals surface area contributed by atoms with Crippen LogP contribution in [0.3, 0.4) is 0 Å². The van der Waals surface area contributed by atoms with E-state index < -0.39 is 23.1 Å². The van der Waals surface area contributed by atoms with E-state index in [0.717, 1.165) is 5.56 Å². The van der Waals surface area contributed by atoms with Crippen LogP contribution in [0.4, 0.5) is 4.39 Å². The Labute approximate surface area is 169 Å². The zero-order valence-corrected chi connectivity index (χ0v) is 16.2. The van der Waals surface area contributed by atoms with Gasteiger partial charge in [-0.15, -0.1) is 0 Å². The minimum absolute atomic E-state index is 0. The number of aliphatic hydroxyl groups excluding tert-OH is 1. The second-order valence-corrected chi connectivity index (χ2v) is 7.30. The largest absolute Gasteiger partial charge is 0.503 e. The van der Waals surface area contributed by atoms with Gasteiger partial charge in [0.05, 0.1) is 12.1 Å². The molecule has 2 aromatic rings. The van der Waals surface area contributed by atoms with Gasteiger partial charge in [-0.25, -0.2) is 4.39 Å². The third-order valence-corrected chi connectivity index (χ3v) is 4.93. The van der Waals surface area contributed by atoms with Crippen molar-refractivity contribution in [2.24, 2.45) is 0 Å². The molecule has 0 fully saturated rings. The van der Waals surface area contributed by atoms with Crippen molar-refractivity contribution in [3.05, 3.63) is 70.1 Å². The highest BCUT2D eigenvalue weighted by Crippen LogP contribution is 2.32. The molecule has 7 heteroatoms. The highest BCUT2D eigenvalue weighted by molar-refractivity contribution is 6.14. The van der Waals surface area contributed by atoms with E-state index in [0.29, 0.717) is 17.7 Å². The normalized spacial score (nSPS) is 14.4. The molecule has 0 saturated heterocycles. The average Bonchev–Trinajstić information content (AvgIpc) is 3.20. The van der Waals surface area contributed by atoms with Crippen LogP contribution in [-0.4, -0.2) is 42.4 Å². The molecule has 0 atom stereocenters. The number of likely N-dealkylation sites (N-methyl/N-ethyl adjacent to an activating group) is 1. The van der Waals surface area contributed by atoms with Gasteiger partial charge in [-0.1, -0.05) is 19.6 Å². The van der Waals surface area contributed by atoms with Crippen molar-refractivity contribution >= 4 is 11.7 Å². The van der Waals surface area contributed by atoms with Crippen LogP contribution in [-0.2, 0) is 21.6 Å². The molecule has 0 unspecified atom stereocenters. The summed E-state index contributed by atoms with van der Waals surface area (Å²) in [6.07, 6.45) is 0.322. The van der Waals surface area contributed by atoms with Crippen molar-refractivity contribution in [2.45, 2.75) is 33.3 Å². The number of aliphatic hydroxyl groups is 1. The Hall–Kier alpha value is -2.93. The molecule has 1 amide bonds. The molecule has 0 spiro atoms. The van der Waals surface area contributed by atoms with Crippen molar-refractivity contribution in [3.63, 3.8) is 0 Å². The molecule has 1 aliphatic heterocycles. The fourth-order valence-electron chi connectivity index (χ4n) is 2.98. The molecule has 1 aliphatic rings. The number of furan rings is 1. The number of halogens is 1. The van der Waals surface area contributed by atoms with E-state index in [4.69, 9.17) is 9.15 Å². The molecular formula is C22H26FNO5. The van der Waals surface area contributed by atoms with Crippen molar-refractivity contribution in [1.29, 1.82) is 0 Å². The first kappa shape index (κ1) is 22.4. The lowest BCUT2D eigenvalue weighted by Gasteiger charge is -2.19. The van der Waals surface area contributed by atoms with E-state index in [-0.39, 0.29) is 31.1 Å². The maximum atomic E-state index is 13.2. The van der Waals surface area contributed by atoms with E-state index >= 15 is 0 Å². The monoisotopic (exact) mass is 403 g/mol. The van der Waals surface area contributed by atoms with Crippen LogP contribution in [0.15, 0.2) is 46.1 Å². The van der Waals surface area contributed by atoms with Crippen LogP contribution in [0.25, 0.3) is 0 Å². The Bertz CT molecular complexity index is 956. The second kappa shape index (κ2) is 8.21. The van der Waals surface area contributed by atoms with E-state index in [1.54, 1.807) is 32.0 Å². The molecule has 0 bridgehead atoms. The number of ether oxygens (including phenoxy) is 1. The topological polar surface area (TPSA) is 80.0 Å². The standard InChI is InChI=1S/C21H22FNO5.CH4/c1-21(2,27-4)16-10-13(9-12-5-7-14(22)8-6-12)19(28-16)17(24)15-11-23(3)20(26)18(15)25;/h5-8,10,25H,9,11H2,1-4H3;1H4. The lowest BCUT2D eigenvalue weighted by atomic mass is 9.99. The quantitative estimate of drug-likeness (QED) is 0.738. The molecule has 3 rings (SSSR count). The van der Waals surface area contributed by atoms with Gasteiger partial charge in [0.1, 0.15) is 17.2 Å². The average molecular weight is 403 g/mol. The number of ketones is 1. The van der Waals surface area contributed by atoms with E-state index in [9.17, 15) is 19.1 Å². The van der Waals surface area contributed by atoms with Crippen LogP contribution in [0, 0.1) is 5.82 Å². The molecule has 156 valence electrons. The summed E-state index contributed by atoms with van der Waals surface area (Å²) in [5.74, 6) is -1.60. The minimum Gasteiger partial charge on any atom is -0.503 e. The summed E-state index contributed by atoms with van der Waals surface area (Å²) in [7, 11) is 3.03. The molecule has 1 N–H and O–H groups in total. The van der Waals surface area contributed by atoms with Gasteiger partial charge in [-0.05, 0) is 37.6 Å². The first-order valence-corrected chi connectivity index (χ1v) is 8.79. The Morgan fingerprint density at radius 1 is 1.31 bits per heavy atom. The zero-order valence-electron chi connectivity index (χ0n) is 16.2. The third kappa shape index (κ3) is 4.24. The van der Waals surface area contributed by atoms with Crippen molar-refractivity contribution in [2.75, 3.05) is 20.7 Å². The van der Waals surface area contributed by atoms with Crippen molar-refractivity contribution in [3.8, 4) is 0 Å². The molecule has 1 aromatic carbocycles. The zero-order chi connectivity index (χ0) is 20.6. The van der Waals surface area contributed by atoms with Crippen LogP contribution in [0.1, 0.15) is 48.7 Å². The number of carbonyl (C=O) groups is 2. The lowest BCUT2D eigenvalue weighted by Crippen LogP contribution is -2.22. The number of hydrogen-bond acceptors (Lipinski definition) is 5. The molecular weight excluding hydrogens is 377 g/mol. The minimum atomic E-state index is -0.783. The summed E-state index contributed by atoms with van der Waals surface area (Å²) < 4.78 is 24.5. The number of benzene rings is 1. The van der Waals surface area contributed by atoms with E-state index in [1.165, 1.54) is 31.2 Å². The fraction of sp³-hybridized carbons (Fsp3) is 0.364. The summed E-state index contributed by atoms with van der Waals surface area (Å²) in [6, 6.07) is 7.66. The van der Waals surface area contributed by atoms with Gasteiger partial charge in [0, 0.05) is 26.1 Å².